The van der Waals surface area contributed by atoms with Gasteiger partial charge in [0.2, 0.25) is 0 Å². The lowest BCUT2D eigenvalue weighted by Crippen LogP contribution is -1.71. The molecule has 0 aliphatic heterocycles. The van der Waals surface area contributed by atoms with E-state index in [4.69, 9.17) is 0 Å². The number of hydrogen-bond acceptors (Lipinski definition) is 0. The van der Waals surface area contributed by atoms with Gasteiger partial charge in [-0.3, -0.25) is 0 Å². The highest BCUT2D eigenvalue weighted by Gasteiger charge is 1.67. The van der Waals surface area contributed by atoms with E-state index in [0.29, 0.717) is 0 Å². The summed E-state index contributed by atoms with van der Waals surface area (Å²) >= 11 is 0. The molecular weight excluding hydrogens is 96.1 g/mol. The van der Waals surface area contributed by atoms with Crippen LogP contribution >= 0.6 is 0 Å². The lowest BCUT2D eigenvalue weighted by atomic mass is 10.2. The van der Waals surface area contributed by atoms with E-state index >= 15 is 0 Å². The molecule has 0 atom stereocenters. The number of unbranched alkanes of at least 4 members (excludes halogenated alkanes) is 3. The Hall–Kier alpha value is -0.780. The fourth-order valence-electron chi connectivity index (χ4n) is 0.428. The Kier molecular flexibility index (Phi) is 5.61. The number of rotatable bonds is 5. The maximum Gasteiger partial charge on any atom is -0.113 e. The van der Waals surface area contributed by atoms with Crippen molar-refractivity contribution in [1.29, 1.82) is 0 Å². The minimum Gasteiger partial charge on any atom is -0.245 e. The van der Waals surface area contributed by atoms with Crippen LogP contribution in [0.15, 0.2) is 25.3 Å². The fraction of sp³-hybridized carbons (Fsp3) is 0.250. The topological polar surface area (TPSA) is 0 Å². The van der Waals surface area contributed by atoms with Crippen molar-refractivity contribution in [2.45, 2.75) is 12.8 Å². The van der Waals surface area contributed by atoms with Crippen LogP contribution in [0.2, 0.25) is 0 Å². The summed E-state index contributed by atoms with van der Waals surface area (Å²) in [7, 11) is 0. The highest BCUT2D eigenvalue weighted by atomic mass is 13.9. The minimum atomic E-state index is 1.08. The smallest absolute Gasteiger partial charge is 0.113 e. The van der Waals surface area contributed by atoms with Crippen LogP contribution in [0.4, 0.5) is 0 Å². The summed E-state index contributed by atoms with van der Waals surface area (Å²) in [6.45, 7) is 7.13. The lowest BCUT2D eigenvalue weighted by molar-refractivity contribution is 0.964. The summed E-state index contributed by atoms with van der Waals surface area (Å²) in [6.07, 6.45) is 9.87. The summed E-state index contributed by atoms with van der Waals surface area (Å²) in [5, 5.41) is 0. The molecular formula is C8H12-2. The number of allylic oxidation sites excluding steroid dienone is 2. The maximum absolute atomic E-state index is 3.56. The van der Waals surface area contributed by atoms with Crippen LogP contribution in [-0.4, -0.2) is 0 Å². The zero-order valence-electron chi connectivity index (χ0n) is 5.14. The van der Waals surface area contributed by atoms with E-state index in [1.54, 1.807) is 0 Å². The molecule has 0 amide bonds. The standard InChI is InChI=1S/C8H12/c1-3-5-7-8-6-4-2/h3-6H,1-2,7-8H2/q-2. The molecule has 0 N–H and O–H groups in total. The Bertz CT molecular complexity index is 52.4. The van der Waals surface area contributed by atoms with Crippen molar-refractivity contribution in [3.05, 3.63) is 38.2 Å². The third kappa shape index (κ3) is 5.22. The molecule has 0 aromatic heterocycles. The molecule has 0 aliphatic carbocycles. The Balaban J connectivity index is 2.71. The molecule has 0 heterocycles. The highest BCUT2D eigenvalue weighted by molar-refractivity contribution is 4.92. The molecule has 0 bridgehead atoms. The quantitative estimate of drug-likeness (QED) is 0.375. The summed E-state index contributed by atoms with van der Waals surface area (Å²) in [4.78, 5) is 0. The van der Waals surface area contributed by atoms with Gasteiger partial charge in [0, 0.05) is 0 Å². The molecule has 0 radical (unpaired) electrons. The van der Waals surface area contributed by atoms with E-state index in [2.05, 4.69) is 13.2 Å². The maximum atomic E-state index is 3.56. The van der Waals surface area contributed by atoms with Crippen LogP contribution in [0, 0.1) is 12.8 Å². The first kappa shape index (κ1) is 7.22. The van der Waals surface area contributed by atoms with Crippen molar-refractivity contribution in [2.75, 3.05) is 0 Å². The van der Waals surface area contributed by atoms with Crippen LogP contribution in [0.3, 0.4) is 0 Å². The van der Waals surface area contributed by atoms with Crippen LogP contribution in [0.5, 0.6) is 0 Å². The van der Waals surface area contributed by atoms with Gasteiger partial charge < -0.3 is 0 Å². The zero-order valence-corrected chi connectivity index (χ0v) is 5.14. The van der Waals surface area contributed by atoms with Crippen molar-refractivity contribution < 1.29 is 0 Å². The number of hydrogen-bond donors (Lipinski definition) is 0. The van der Waals surface area contributed by atoms with Crippen LogP contribution in [0.1, 0.15) is 12.8 Å². The van der Waals surface area contributed by atoms with Gasteiger partial charge in [0.25, 0.3) is 0 Å². The lowest BCUT2D eigenvalue weighted by Gasteiger charge is -2.01. The van der Waals surface area contributed by atoms with Crippen LogP contribution in [-0.2, 0) is 0 Å². The predicted octanol–water partition coefficient (Wildman–Crippen LogP) is 2.55. The van der Waals surface area contributed by atoms with E-state index in [1.807, 2.05) is 25.0 Å². The van der Waals surface area contributed by atoms with E-state index in [9.17, 15) is 0 Å². The molecule has 8 heavy (non-hydrogen) atoms. The van der Waals surface area contributed by atoms with Crippen molar-refractivity contribution in [2.24, 2.45) is 0 Å². The normalized spacial score (nSPS) is 7.50. The van der Waals surface area contributed by atoms with Crippen LogP contribution in [0.25, 0.3) is 0 Å². The first-order valence-electron chi connectivity index (χ1n) is 2.80. The van der Waals surface area contributed by atoms with Gasteiger partial charge in [-0.25, -0.2) is 38.2 Å². The summed E-state index contributed by atoms with van der Waals surface area (Å²) < 4.78 is 0. The molecule has 46 valence electrons. The predicted molar refractivity (Wildman–Crippen MR) is 38.2 cm³/mol. The molecule has 0 aromatic carbocycles. The van der Waals surface area contributed by atoms with Gasteiger partial charge >= 0.3 is 0 Å². The second kappa shape index (κ2) is 6.22. The van der Waals surface area contributed by atoms with Gasteiger partial charge in [-0.15, -0.1) is 12.8 Å². The third-order valence-electron chi connectivity index (χ3n) is 0.833. The van der Waals surface area contributed by atoms with Gasteiger partial charge in [0.05, 0.1) is 0 Å². The summed E-state index contributed by atoms with van der Waals surface area (Å²) in [5.41, 5.74) is 0. The molecule has 0 aliphatic rings. The van der Waals surface area contributed by atoms with E-state index in [0.717, 1.165) is 12.8 Å². The monoisotopic (exact) mass is 108 g/mol. The summed E-state index contributed by atoms with van der Waals surface area (Å²) in [5.74, 6) is 0. The first-order chi connectivity index (χ1) is 3.91. The Morgan fingerprint density at radius 3 is 1.62 bits per heavy atom. The molecule has 0 saturated carbocycles. The SMILES string of the molecule is C=C[CH-]CC[CH-]C=C. The van der Waals surface area contributed by atoms with Crippen molar-refractivity contribution >= 4 is 0 Å². The first-order valence-corrected chi connectivity index (χ1v) is 2.80. The molecule has 0 nitrogen and oxygen atoms in total. The van der Waals surface area contributed by atoms with Gasteiger partial charge in [0.15, 0.2) is 0 Å². The molecule has 0 fully saturated rings. The minimum absolute atomic E-state index is 1.08. The van der Waals surface area contributed by atoms with Gasteiger partial charge in [0.1, 0.15) is 0 Å². The Morgan fingerprint density at radius 2 is 1.38 bits per heavy atom. The van der Waals surface area contributed by atoms with Crippen molar-refractivity contribution in [3.8, 4) is 0 Å². The summed E-state index contributed by atoms with van der Waals surface area (Å²) in [6, 6.07) is 0. The van der Waals surface area contributed by atoms with Crippen molar-refractivity contribution in [1.82, 2.24) is 0 Å². The third-order valence-corrected chi connectivity index (χ3v) is 0.833. The Morgan fingerprint density at radius 1 is 1.00 bits per heavy atom. The molecule has 0 saturated heterocycles. The largest absolute Gasteiger partial charge is 0.245 e. The zero-order chi connectivity index (χ0) is 6.24. The average molecular weight is 108 g/mol. The highest BCUT2D eigenvalue weighted by Crippen LogP contribution is 1.96. The van der Waals surface area contributed by atoms with Gasteiger partial charge in [-0.1, -0.05) is 0 Å². The second-order valence-corrected chi connectivity index (χ2v) is 1.52. The molecule has 0 rings (SSSR count). The van der Waals surface area contributed by atoms with Gasteiger partial charge in [-0.2, -0.15) is 0 Å². The molecule has 0 unspecified atom stereocenters. The molecule has 0 spiro atoms. The van der Waals surface area contributed by atoms with E-state index in [1.165, 1.54) is 0 Å². The fourth-order valence-corrected chi connectivity index (χ4v) is 0.428. The average Bonchev–Trinajstić information content (AvgIpc) is 1.81. The Labute approximate surface area is 51.9 Å². The second-order valence-electron chi connectivity index (χ2n) is 1.52. The van der Waals surface area contributed by atoms with Crippen molar-refractivity contribution in [3.63, 3.8) is 0 Å². The van der Waals surface area contributed by atoms with E-state index in [-0.39, 0.29) is 0 Å². The van der Waals surface area contributed by atoms with Crippen LogP contribution < -0.4 is 0 Å². The van der Waals surface area contributed by atoms with E-state index < -0.39 is 0 Å². The molecule has 0 heteroatoms. The molecule has 0 aromatic rings. The van der Waals surface area contributed by atoms with Gasteiger partial charge in [-0.05, 0) is 0 Å².